The highest BCUT2D eigenvalue weighted by Gasteiger charge is 2.18. The fourth-order valence-corrected chi connectivity index (χ4v) is 2.63. The molecule has 16 heavy (non-hydrogen) atoms. The standard InChI is InChI=1S/C14H23NO/c1-11-5-3-6-13(9-8-11)15-12(2)14-7-4-10-16-14/h4,7,10-13,15H,3,5-6,8-9H2,1-2H3. The molecule has 1 aromatic rings. The molecule has 0 aromatic carbocycles. The first-order valence-electron chi connectivity index (χ1n) is 6.55. The van der Waals surface area contributed by atoms with Crippen LogP contribution in [0.25, 0.3) is 0 Å². The van der Waals surface area contributed by atoms with Crippen molar-refractivity contribution in [3.63, 3.8) is 0 Å². The van der Waals surface area contributed by atoms with Gasteiger partial charge in [-0.05, 0) is 44.2 Å². The molecule has 1 aromatic heterocycles. The number of rotatable bonds is 3. The van der Waals surface area contributed by atoms with Crippen LogP contribution in [0.3, 0.4) is 0 Å². The van der Waals surface area contributed by atoms with Crippen LogP contribution in [-0.2, 0) is 0 Å². The van der Waals surface area contributed by atoms with E-state index < -0.39 is 0 Å². The minimum atomic E-state index is 0.341. The summed E-state index contributed by atoms with van der Waals surface area (Å²) in [6.45, 7) is 4.56. The molecule has 0 spiro atoms. The molecule has 1 heterocycles. The Labute approximate surface area is 98.4 Å². The van der Waals surface area contributed by atoms with E-state index in [4.69, 9.17) is 4.42 Å². The van der Waals surface area contributed by atoms with Crippen LogP contribution in [0.5, 0.6) is 0 Å². The molecular formula is C14H23NO. The summed E-state index contributed by atoms with van der Waals surface area (Å²) < 4.78 is 5.43. The largest absolute Gasteiger partial charge is 0.468 e. The fourth-order valence-electron chi connectivity index (χ4n) is 2.63. The summed E-state index contributed by atoms with van der Waals surface area (Å²) in [7, 11) is 0. The summed E-state index contributed by atoms with van der Waals surface area (Å²) in [5.74, 6) is 1.96. The Kier molecular flexibility index (Phi) is 4.05. The zero-order valence-corrected chi connectivity index (χ0v) is 10.4. The second kappa shape index (κ2) is 5.53. The highest BCUT2D eigenvalue weighted by Crippen LogP contribution is 2.24. The number of hydrogen-bond donors (Lipinski definition) is 1. The van der Waals surface area contributed by atoms with Crippen LogP contribution in [0.15, 0.2) is 22.8 Å². The van der Waals surface area contributed by atoms with Crippen molar-refractivity contribution < 1.29 is 4.42 Å². The van der Waals surface area contributed by atoms with E-state index in [2.05, 4.69) is 25.2 Å². The van der Waals surface area contributed by atoms with E-state index in [-0.39, 0.29) is 0 Å². The van der Waals surface area contributed by atoms with Gasteiger partial charge in [-0.1, -0.05) is 19.8 Å². The van der Waals surface area contributed by atoms with Gasteiger partial charge in [0.1, 0.15) is 5.76 Å². The van der Waals surface area contributed by atoms with Gasteiger partial charge in [-0.25, -0.2) is 0 Å². The molecule has 90 valence electrons. The maximum Gasteiger partial charge on any atom is 0.120 e. The average Bonchev–Trinajstić information content (AvgIpc) is 2.72. The van der Waals surface area contributed by atoms with Gasteiger partial charge in [-0.3, -0.25) is 0 Å². The Balaban J connectivity index is 1.84. The van der Waals surface area contributed by atoms with E-state index in [1.54, 1.807) is 6.26 Å². The highest BCUT2D eigenvalue weighted by molar-refractivity contribution is 5.03. The zero-order chi connectivity index (χ0) is 11.4. The van der Waals surface area contributed by atoms with Gasteiger partial charge in [0, 0.05) is 6.04 Å². The molecule has 0 radical (unpaired) electrons. The van der Waals surface area contributed by atoms with Gasteiger partial charge in [-0.2, -0.15) is 0 Å². The monoisotopic (exact) mass is 221 g/mol. The summed E-state index contributed by atoms with van der Waals surface area (Å²) in [4.78, 5) is 0. The summed E-state index contributed by atoms with van der Waals surface area (Å²) in [5.41, 5.74) is 0. The first-order valence-corrected chi connectivity index (χ1v) is 6.55. The maximum absolute atomic E-state index is 5.43. The van der Waals surface area contributed by atoms with E-state index in [0.717, 1.165) is 11.7 Å². The van der Waals surface area contributed by atoms with E-state index in [1.165, 1.54) is 32.1 Å². The molecule has 3 unspecified atom stereocenters. The fraction of sp³-hybridized carbons (Fsp3) is 0.714. The number of hydrogen-bond acceptors (Lipinski definition) is 2. The Morgan fingerprint density at radius 3 is 2.94 bits per heavy atom. The van der Waals surface area contributed by atoms with Gasteiger partial charge in [-0.15, -0.1) is 0 Å². The molecule has 0 saturated heterocycles. The van der Waals surface area contributed by atoms with Crippen molar-refractivity contribution in [2.24, 2.45) is 5.92 Å². The Bertz CT molecular complexity index is 294. The first-order chi connectivity index (χ1) is 7.75. The van der Waals surface area contributed by atoms with E-state index in [1.807, 2.05) is 6.07 Å². The van der Waals surface area contributed by atoms with Gasteiger partial charge in [0.2, 0.25) is 0 Å². The normalized spacial score (nSPS) is 28.6. The van der Waals surface area contributed by atoms with Crippen molar-refractivity contribution in [3.05, 3.63) is 24.2 Å². The molecule has 2 heteroatoms. The molecule has 0 bridgehead atoms. The van der Waals surface area contributed by atoms with E-state index in [9.17, 15) is 0 Å². The molecular weight excluding hydrogens is 198 g/mol. The minimum absolute atomic E-state index is 0.341. The molecule has 1 aliphatic carbocycles. The van der Waals surface area contributed by atoms with Crippen LogP contribution >= 0.6 is 0 Å². The highest BCUT2D eigenvalue weighted by atomic mass is 16.3. The van der Waals surface area contributed by atoms with Crippen molar-refractivity contribution >= 4 is 0 Å². The molecule has 2 nitrogen and oxygen atoms in total. The van der Waals surface area contributed by atoms with Gasteiger partial charge < -0.3 is 9.73 Å². The van der Waals surface area contributed by atoms with E-state index in [0.29, 0.717) is 12.1 Å². The quantitative estimate of drug-likeness (QED) is 0.783. The van der Waals surface area contributed by atoms with Crippen LogP contribution in [0.2, 0.25) is 0 Å². The van der Waals surface area contributed by atoms with Gasteiger partial charge in [0.15, 0.2) is 0 Å². The molecule has 0 aliphatic heterocycles. The predicted molar refractivity (Wildman–Crippen MR) is 66.3 cm³/mol. The molecule has 0 amide bonds. The SMILES string of the molecule is CC1CCCC(NC(C)c2ccco2)CC1. The minimum Gasteiger partial charge on any atom is -0.468 e. The van der Waals surface area contributed by atoms with Crippen molar-refractivity contribution in [1.82, 2.24) is 5.32 Å². The van der Waals surface area contributed by atoms with Crippen LogP contribution < -0.4 is 5.32 Å². The first kappa shape index (κ1) is 11.7. The third kappa shape index (κ3) is 3.11. The van der Waals surface area contributed by atoms with Crippen molar-refractivity contribution in [2.45, 2.75) is 58.0 Å². The molecule has 1 N–H and O–H groups in total. The Morgan fingerprint density at radius 1 is 1.31 bits per heavy atom. The number of nitrogens with one attached hydrogen (secondary N) is 1. The van der Waals surface area contributed by atoms with Crippen LogP contribution in [0.4, 0.5) is 0 Å². The van der Waals surface area contributed by atoms with Crippen molar-refractivity contribution in [3.8, 4) is 0 Å². The molecule has 2 rings (SSSR count). The van der Waals surface area contributed by atoms with E-state index >= 15 is 0 Å². The molecule has 1 saturated carbocycles. The summed E-state index contributed by atoms with van der Waals surface area (Å²) >= 11 is 0. The van der Waals surface area contributed by atoms with Gasteiger partial charge in [0.05, 0.1) is 12.3 Å². The lowest BCUT2D eigenvalue weighted by molar-refractivity contribution is 0.364. The van der Waals surface area contributed by atoms with Crippen molar-refractivity contribution in [2.75, 3.05) is 0 Å². The number of furan rings is 1. The summed E-state index contributed by atoms with van der Waals surface area (Å²) in [5, 5.41) is 3.69. The lowest BCUT2D eigenvalue weighted by atomic mass is 10.0. The van der Waals surface area contributed by atoms with Crippen LogP contribution in [0, 0.1) is 5.92 Å². The smallest absolute Gasteiger partial charge is 0.120 e. The Morgan fingerprint density at radius 2 is 2.19 bits per heavy atom. The van der Waals surface area contributed by atoms with Gasteiger partial charge >= 0.3 is 0 Å². The summed E-state index contributed by atoms with van der Waals surface area (Å²) in [6, 6.07) is 5.03. The van der Waals surface area contributed by atoms with Crippen molar-refractivity contribution in [1.29, 1.82) is 0 Å². The molecule has 1 fully saturated rings. The van der Waals surface area contributed by atoms with Gasteiger partial charge in [0.25, 0.3) is 0 Å². The molecule has 3 atom stereocenters. The maximum atomic E-state index is 5.43. The Hall–Kier alpha value is -0.760. The third-order valence-corrected chi connectivity index (χ3v) is 3.71. The molecule has 1 aliphatic rings. The van der Waals surface area contributed by atoms with Crippen LogP contribution in [-0.4, -0.2) is 6.04 Å². The predicted octanol–water partition coefficient (Wildman–Crippen LogP) is 3.90. The topological polar surface area (TPSA) is 25.2 Å². The average molecular weight is 221 g/mol. The lowest BCUT2D eigenvalue weighted by Gasteiger charge is -2.20. The second-order valence-corrected chi connectivity index (χ2v) is 5.21. The van der Waals surface area contributed by atoms with Crippen LogP contribution in [0.1, 0.15) is 57.8 Å². The zero-order valence-electron chi connectivity index (χ0n) is 10.4. The third-order valence-electron chi connectivity index (χ3n) is 3.71. The summed E-state index contributed by atoms with van der Waals surface area (Å²) in [6.07, 6.45) is 8.50. The second-order valence-electron chi connectivity index (χ2n) is 5.21. The lowest BCUT2D eigenvalue weighted by Crippen LogP contribution is -2.30.